The maximum absolute atomic E-state index is 12.6. The zero-order valence-corrected chi connectivity index (χ0v) is 14.1. The predicted octanol–water partition coefficient (Wildman–Crippen LogP) is 3.77. The summed E-state index contributed by atoms with van der Waals surface area (Å²) in [6, 6.07) is 4.01. The molecule has 0 aliphatic heterocycles. The van der Waals surface area contributed by atoms with Crippen molar-refractivity contribution in [3.05, 3.63) is 22.4 Å². The third-order valence-corrected chi connectivity index (χ3v) is 5.01. The maximum atomic E-state index is 12.6. The van der Waals surface area contributed by atoms with Crippen LogP contribution in [0.15, 0.2) is 17.5 Å². The summed E-state index contributed by atoms with van der Waals surface area (Å²) >= 11 is 1.61. The summed E-state index contributed by atoms with van der Waals surface area (Å²) in [5.41, 5.74) is -0.945. The van der Waals surface area contributed by atoms with Crippen LogP contribution in [0.4, 0.5) is 0 Å². The van der Waals surface area contributed by atoms with Gasteiger partial charge < -0.3 is 10.0 Å². The van der Waals surface area contributed by atoms with E-state index >= 15 is 0 Å². The maximum Gasteiger partial charge on any atom is 0.310 e. The van der Waals surface area contributed by atoms with E-state index < -0.39 is 11.4 Å². The number of thiophene rings is 1. The third-order valence-electron chi connectivity index (χ3n) is 4.15. The number of carbonyl (C=O) groups is 2. The van der Waals surface area contributed by atoms with Gasteiger partial charge >= 0.3 is 5.97 Å². The number of hydrogen-bond donors (Lipinski definition) is 1. The first kappa shape index (κ1) is 17.7. The Bertz CT molecular complexity index is 464. The first-order chi connectivity index (χ1) is 9.86. The van der Waals surface area contributed by atoms with Crippen molar-refractivity contribution in [2.24, 2.45) is 5.41 Å². The molecule has 1 aromatic rings. The minimum absolute atomic E-state index is 0.0554. The van der Waals surface area contributed by atoms with Crippen LogP contribution < -0.4 is 0 Å². The molecule has 1 rings (SSSR count). The molecule has 0 saturated heterocycles. The lowest BCUT2D eigenvalue weighted by atomic mass is 9.79. The predicted molar refractivity (Wildman–Crippen MR) is 85.3 cm³/mol. The molecule has 0 atom stereocenters. The van der Waals surface area contributed by atoms with Crippen LogP contribution in [0, 0.1) is 5.41 Å². The van der Waals surface area contributed by atoms with E-state index in [4.69, 9.17) is 0 Å². The lowest BCUT2D eigenvalue weighted by Crippen LogP contribution is -2.41. The number of carboxylic acid groups (broad SMARTS) is 1. The average Bonchev–Trinajstić information content (AvgIpc) is 2.94. The first-order valence-corrected chi connectivity index (χ1v) is 8.29. The molecule has 4 nitrogen and oxygen atoms in total. The molecule has 1 amide bonds. The smallest absolute Gasteiger partial charge is 0.310 e. The molecule has 0 radical (unpaired) electrons. The van der Waals surface area contributed by atoms with Crippen molar-refractivity contribution in [3.63, 3.8) is 0 Å². The van der Waals surface area contributed by atoms with E-state index in [9.17, 15) is 14.7 Å². The lowest BCUT2D eigenvalue weighted by Gasteiger charge is -2.32. The van der Waals surface area contributed by atoms with Crippen LogP contribution in [-0.4, -0.2) is 27.9 Å². The summed E-state index contributed by atoms with van der Waals surface area (Å²) in [7, 11) is 0. The van der Waals surface area contributed by atoms with Crippen molar-refractivity contribution < 1.29 is 14.7 Å². The summed E-state index contributed by atoms with van der Waals surface area (Å²) in [5.74, 6) is -0.954. The fourth-order valence-electron chi connectivity index (χ4n) is 2.40. The fraction of sp³-hybridized carbons (Fsp3) is 0.625. The SMILES string of the molecule is CCC(CC)(CC(=O)N(Cc1cccs1)C(C)C)C(=O)O. The Kier molecular flexibility index (Phi) is 6.40. The average molecular weight is 311 g/mol. The molecule has 1 aromatic heterocycles. The van der Waals surface area contributed by atoms with Gasteiger partial charge in [0.05, 0.1) is 12.0 Å². The van der Waals surface area contributed by atoms with E-state index in [2.05, 4.69) is 0 Å². The zero-order valence-electron chi connectivity index (χ0n) is 13.3. The zero-order chi connectivity index (χ0) is 16.0. The topological polar surface area (TPSA) is 57.6 Å². The van der Waals surface area contributed by atoms with Gasteiger partial charge in [-0.3, -0.25) is 9.59 Å². The van der Waals surface area contributed by atoms with E-state index in [0.29, 0.717) is 19.4 Å². The molecule has 118 valence electrons. The molecule has 5 heteroatoms. The minimum atomic E-state index is -0.945. The number of aliphatic carboxylic acids is 1. The molecular weight excluding hydrogens is 286 g/mol. The highest BCUT2D eigenvalue weighted by Gasteiger charge is 2.38. The molecular formula is C16H25NO3S. The van der Waals surface area contributed by atoms with E-state index in [1.54, 1.807) is 16.2 Å². The summed E-state index contributed by atoms with van der Waals surface area (Å²) in [6.07, 6.45) is 1.00. The molecule has 0 unspecified atom stereocenters. The van der Waals surface area contributed by atoms with Gasteiger partial charge in [-0.15, -0.1) is 11.3 Å². The van der Waals surface area contributed by atoms with Crippen LogP contribution in [0.25, 0.3) is 0 Å². The van der Waals surface area contributed by atoms with Gasteiger partial charge in [-0.05, 0) is 38.1 Å². The second kappa shape index (κ2) is 7.59. The number of nitrogens with zero attached hydrogens (tertiary/aromatic N) is 1. The van der Waals surface area contributed by atoms with Gasteiger partial charge in [0.1, 0.15) is 0 Å². The molecule has 0 aliphatic rings. The molecule has 0 spiro atoms. The lowest BCUT2D eigenvalue weighted by molar-refractivity contribution is -0.155. The fourth-order valence-corrected chi connectivity index (χ4v) is 3.10. The third kappa shape index (κ3) is 4.30. The number of amides is 1. The van der Waals surface area contributed by atoms with Gasteiger partial charge in [0, 0.05) is 17.3 Å². The van der Waals surface area contributed by atoms with Gasteiger partial charge in [-0.25, -0.2) is 0 Å². The van der Waals surface area contributed by atoms with Gasteiger partial charge in [-0.1, -0.05) is 19.9 Å². The van der Waals surface area contributed by atoms with Crippen LogP contribution in [0.1, 0.15) is 51.8 Å². The monoisotopic (exact) mass is 311 g/mol. The highest BCUT2D eigenvalue weighted by atomic mass is 32.1. The van der Waals surface area contributed by atoms with Gasteiger partial charge in [0.25, 0.3) is 0 Å². The van der Waals surface area contributed by atoms with Gasteiger partial charge in [0.2, 0.25) is 5.91 Å². The summed E-state index contributed by atoms with van der Waals surface area (Å²) in [6.45, 7) is 8.16. The van der Waals surface area contributed by atoms with E-state index in [1.807, 2.05) is 45.2 Å². The molecule has 0 aromatic carbocycles. The minimum Gasteiger partial charge on any atom is -0.481 e. The number of carbonyl (C=O) groups excluding carboxylic acids is 1. The second-order valence-corrected chi connectivity index (χ2v) is 6.70. The molecule has 0 aliphatic carbocycles. The molecule has 1 N–H and O–H groups in total. The van der Waals surface area contributed by atoms with Crippen molar-refractivity contribution in [3.8, 4) is 0 Å². The summed E-state index contributed by atoms with van der Waals surface area (Å²) in [5, 5.41) is 11.5. The Hall–Kier alpha value is -1.36. The molecule has 0 saturated carbocycles. The van der Waals surface area contributed by atoms with Crippen molar-refractivity contribution in [2.75, 3.05) is 0 Å². The highest BCUT2D eigenvalue weighted by Crippen LogP contribution is 2.32. The summed E-state index contributed by atoms with van der Waals surface area (Å²) in [4.78, 5) is 27.1. The van der Waals surface area contributed by atoms with Crippen LogP contribution in [0.3, 0.4) is 0 Å². The Balaban J connectivity index is 2.88. The standard InChI is InChI=1S/C16H25NO3S/c1-5-16(6-2,15(19)20)10-14(18)17(12(3)4)11-13-8-7-9-21-13/h7-9,12H,5-6,10-11H2,1-4H3,(H,19,20). The first-order valence-electron chi connectivity index (χ1n) is 7.41. The van der Waals surface area contributed by atoms with Crippen LogP contribution >= 0.6 is 11.3 Å². The molecule has 1 heterocycles. The normalized spacial score (nSPS) is 11.7. The Morgan fingerprint density at radius 2 is 1.95 bits per heavy atom. The van der Waals surface area contributed by atoms with E-state index in [0.717, 1.165) is 4.88 Å². The van der Waals surface area contributed by atoms with Crippen molar-refractivity contribution >= 4 is 23.2 Å². The van der Waals surface area contributed by atoms with Crippen LogP contribution in [0.2, 0.25) is 0 Å². The second-order valence-electron chi connectivity index (χ2n) is 5.66. The van der Waals surface area contributed by atoms with Crippen molar-refractivity contribution in [1.29, 1.82) is 0 Å². The van der Waals surface area contributed by atoms with Crippen molar-refractivity contribution in [2.45, 2.75) is 59.5 Å². The van der Waals surface area contributed by atoms with E-state index in [1.165, 1.54) is 0 Å². The largest absolute Gasteiger partial charge is 0.481 e. The molecule has 0 bridgehead atoms. The van der Waals surface area contributed by atoms with Gasteiger partial charge in [-0.2, -0.15) is 0 Å². The van der Waals surface area contributed by atoms with Crippen LogP contribution in [-0.2, 0) is 16.1 Å². The number of hydrogen-bond acceptors (Lipinski definition) is 3. The number of rotatable bonds is 8. The molecule has 0 fully saturated rings. The highest BCUT2D eigenvalue weighted by molar-refractivity contribution is 7.09. The van der Waals surface area contributed by atoms with Crippen molar-refractivity contribution in [1.82, 2.24) is 4.90 Å². The summed E-state index contributed by atoms with van der Waals surface area (Å²) < 4.78 is 0. The quantitative estimate of drug-likeness (QED) is 0.795. The Morgan fingerprint density at radius 3 is 2.33 bits per heavy atom. The number of carboxylic acids is 1. The van der Waals surface area contributed by atoms with Gasteiger partial charge in [0.15, 0.2) is 0 Å². The van der Waals surface area contributed by atoms with E-state index in [-0.39, 0.29) is 18.4 Å². The Labute approximate surface area is 130 Å². The molecule has 21 heavy (non-hydrogen) atoms. The van der Waals surface area contributed by atoms with Crippen LogP contribution in [0.5, 0.6) is 0 Å². The Morgan fingerprint density at radius 1 is 1.33 bits per heavy atom.